The van der Waals surface area contributed by atoms with Crippen LogP contribution in [-0.2, 0) is 19.1 Å². The second kappa shape index (κ2) is 33.5. The molecule has 2 atom stereocenters. The number of nitrogens with two attached hydrogens (primary N) is 1. The van der Waals surface area contributed by atoms with Crippen LogP contribution in [0.4, 0.5) is 0 Å². The molecule has 0 fully saturated rings. The Morgan fingerprint density at radius 2 is 1.09 bits per heavy atom. The van der Waals surface area contributed by atoms with Crippen LogP contribution >= 0.6 is 0 Å². The minimum absolute atomic E-state index is 0.00984. The van der Waals surface area contributed by atoms with Gasteiger partial charge in [0.1, 0.15) is 12.1 Å². The van der Waals surface area contributed by atoms with Crippen LogP contribution in [0.5, 0.6) is 0 Å². The largest absolute Gasteiger partial charge is 0.480 e. The topological polar surface area (TPSA) is 119 Å². The first-order valence-corrected chi connectivity index (χ1v) is 19.0. The third kappa shape index (κ3) is 30.5. The molecule has 0 rings (SSSR count). The molecule has 2 unspecified atom stereocenters. The van der Waals surface area contributed by atoms with E-state index in [0.29, 0.717) is 32.2 Å². The number of carbonyl (C=O) groups is 3. The molecule has 0 aromatic heterocycles. The summed E-state index contributed by atoms with van der Waals surface area (Å²) in [5.41, 5.74) is 5.46. The fourth-order valence-corrected chi connectivity index (χ4v) is 5.68. The van der Waals surface area contributed by atoms with Crippen LogP contribution in [0.2, 0.25) is 0 Å². The van der Waals surface area contributed by atoms with Gasteiger partial charge in [0.25, 0.3) is 0 Å². The number of ether oxygens (including phenoxy) is 1. The first-order chi connectivity index (χ1) is 21.9. The van der Waals surface area contributed by atoms with E-state index in [-0.39, 0.29) is 18.0 Å². The van der Waals surface area contributed by atoms with E-state index in [0.717, 1.165) is 57.8 Å². The minimum Gasteiger partial charge on any atom is -0.480 e. The first kappa shape index (κ1) is 43.1. The molecule has 0 spiro atoms. The van der Waals surface area contributed by atoms with Crippen LogP contribution in [0.15, 0.2) is 12.2 Å². The Kier molecular flexibility index (Phi) is 32.1. The maximum absolute atomic E-state index is 12.6. The summed E-state index contributed by atoms with van der Waals surface area (Å²) < 4.78 is 5.92. The van der Waals surface area contributed by atoms with Gasteiger partial charge in [-0.15, -0.1) is 0 Å². The number of allylic oxidation sites excluding steroid dienone is 2. The number of hydrogen-bond donors (Lipinski definition) is 3. The average Bonchev–Trinajstić information content (AvgIpc) is 3.02. The number of rotatable bonds is 34. The summed E-state index contributed by atoms with van der Waals surface area (Å²) in [4.78, 5) is 36.0. The maximum Gasteiger partial charge on any atom is 0.326 e. The van der Waals surface area contributed by atoms with Gasteiger partial charge in [0.2, 0.25) is 5.91 Å². The van der Waals surface area contributed by atoms with Crippen molar-refractivity contribution in [3.8, 4) is 0 Å². The van der Waals surface area contributed by atoms with Gasteiger partial charge in [-0.1, -0.05) is 116 Å². The third-order valence-corrected chi connectivity index (χ3v) is 8.58. The van der Waals surface area contributed by atoms with Gasteiger partial charge < -0.3 is 20.9 Å². The second-order valence-corrected chi connectivity index (χ2v) is 13.0. The number of hydrogen-bond acceptors (Lipinski definition) is 5. The van der Waals surface area contributed by atoms with Gasteiger partial charge in [0.05, 0.1) is 0 Å². The Labute approximate surface area is 277 Å². The fourth-order valence-electron chi connectivity index (χ4n) is 5.68. The number of amides is 1. The summed E-state index contributed by atoms with van der Waals surface area (Å²) in [7, 11) is 0. The molecular weight excluding hydrogens is 564 g/mol. The lowest BCUT2D eigenvalue weighted by atomic mass is 10.0. The van der Waals surface area contributed by atoms with Gasteiger partial charge in [-0.2, -0.15) is 0 Å². The molecule has 264 valence electrons. The summed E-state index contributed by atoms with van der Waals surface area (Å²) in [6, 6.07) is -0.860. The summed E-state index contributed by atoms with van der Waals surface area (Å²) in [5, 5.41) is 11.9. The fraction of sp³-hybridized carbons (Fsp3) is 0.868. The third-order valence-electron chi connectivity index (χ3n) is 8.58. The maximum atomic E-state index is 12.6. The van der Waals surface area contributed by atoms with Crippen molar-refractivity contribution in [2.75, 3.05) is 6.54 Å². The molecule has 45 heavy (non-hydrogen) atoms. The Balaban J connectivity index is 4.03. The number of carboxylic acids is 1. The lowest BCUT2D eigenvalue weighted by Gasteiger charge is -2.18. The first-order valence-electron chi connectivity index (χ1n) is 19.0. The molecule has 0 saturated heterocycles. The Morgan fingerprint density at radius 1 is 0.622 bits per heavy atom. The second-order valence-electron chi connectivity index (χ2n) is 13.0. The van der Waals surface area contributed by atoms with Crippen LogP contribution in [0.1, 0.15) is 194 Å². The van der Waals surface area contributed by atoms with Crippen LogP contribution in [0.3, 0.4) is 0 Å². The van der Waals surface area contributed by atoms with Crippen molar-refractivity contribution in [1.29, 1.82) is 0 Å². The van der Waals surface area contributed by atoms with Crippen molar-refractivity contribution in [1.82, 2.24) is 5.32 Å². The number of unbranched alkanes of at least 4 members (excludes halogenated alkanes) is 18. The predicted molar refractivity (Wildman–Crippen MR) is 188 cm³/mol. The summed E-state index contributed by atoms with van der Waals surface area (Å²) in [6.07, 6.45) is 34.2. The van der Waals surface area contributed by atoms with E-state index < -0.39 is 12.0 Å². The van der Waals surface area contributed by atoms with E-state index in [2.05, 4.69) is 31.3 Å². The van der Waals surface area contributed by atoms with Gasteiger partial charge in [0, 0.05) is 12.8 Å². The van der Waals surface area contributed by atoms with Crippen molar-refractivity contribution in [3.63, 3.8) is 0 Å². The SMILES string of the molecule is CCCCCCCCC/C=C\CCCCCCCC(=O)OC(CCCCCC)CCCCCCC(=O)NC(CCCN)C(=O)O. The zero-order valence-corrected chi connectivity index (χ0v) is 29.5. The van der Waals surface area contributed by atoms with E-state index in [1.54, 1.807) is 0 Å². The molecule has 4 N–H and O–H groups in total. The molecule has 0 heterocycles. The van der Waals surface area contributed by atoms with Crippen molar-refractivity contribution in [2.24, 2.45) is 5.73 Å². The lowest BCUT2D eigenvalue weighted by molar-refractivity contribution is -0.150. The van der Waals surface area contributed by atoms with Gasteiger partial charge in [-0.3, -0.25) is 9.59 Å². The van der Waals surface area contributed by atoms with E-state index >= 15 is 0 Å². The molecule has 0 aromatic carbocycles. The zero-order chi connectivity index (χ0) is 33.2. The highest BCUT2D eigenvalue weighted by molar-refractivity contribution is 5.83. The highest BCUT2D eigenvalue weighted by atomic mass is 16.5. The van der Waals surface area contributed by atoms with Crippen molar-refractivity contribution in [2.45, 2.75) is 206 Å². The van der Waals surface area contributed by atoms with Crippen LogP contribution in [0, 0.1) is 0 Å². The molecule has 0 saturated carbocycles. The average molecular weight is 637 g/mol. The molecule has 7 nitrogen and oxygen atoms in total. The van der Waals surface area contributed by atoms with Crippen molar-refractivity contribution < 1.29 is 24.2 Å². The summed E-state index contributed by atoms with van der Waals surface area (Å²) >= 11 is 0. The van der Waals surface area contributed by atoms with Gasteiger partial charge in [-0.25, -0.2) is 4.79 Å². The van der Waals surface area contributed by atoms with Gasteiger partial charge in [-0.05, 0) is 83.6 Å². The zero-order valence-electron chi connectivity index (χ0n) is 29.5. The normalized spacial score (nSPS) is 12.8. The quantitative estimate of drug-likeness (QED) is 0.0367. The highest BCUT2D eigenvalue weighted by Gasteiger charge is 2.19. The molecular formula is C38H72N2O5. The smallest absolute Gasteiger partial charge is 0.326 e. The Morgan fingerprint density at radius 3 is 1.62 bits per heavy atom. The van der Waals surface area contributed by atoms with Gasteiger partial charge >= 0.3 is 11.9 Å². The lowest BCUT2D eigenvalue weighted by Crippen LogP contribution is -2.40. The number of esters is 1. The molecule has 7 heteroatoms. The highest BCUT2D eigenvalue weighted by Crippen LogP contribution is 2.18. The number of carbonyl (C=O) groups excluding carboxylic acids is 2. The van der Waals surface area contributed by atoms with Crippen LogP contribution in [0.25, 0.3) is 0 Å². The molecule has 0 aliphatic carbocycles. The van der Waals surface area contributed by atoms with Gasteiger partial charge in [0.15, 0.2) is 0 Å². The van der Waals surface area contributed by atoms with E-state index in [1.165, 1.54) is 96.3 Å². The minimum atomic E-state index is -1.01. The molecule has 0 aromatic rings. The van der Waals surface area contributed by atoms with Crippen molar-refractivity contribution >= 4 is 17.8 Å². The van der Waals surface area contributed by atoms with E-state index in [9.17, 15) is 19.5 Å². The van der Waals surface area contributed by atoms with E-state index in [4.69, 9.17) is 10.5 Å². The van der Waals surface area contributed by atoms with Crippen LogP contribution < -0.4 is 11.1 Å². The van der Waals surface area contributed by atoms with Crippen molar-refractivity contribution in [3.05, 3.63) is 12.2 Å². The molecule has 0 aliphatic heterocycles. The number of nitrogens with one attached hydrogen (secondary N) is 1. The van der Waals surface area contributed by atoms with Crippen LogP contribution in [-0.4, -0.2) is 41.6 Å². The Bertz CT molecular complexity index is 727. The molecule has 0 bridgehead atoms. The molecule has 0 aliphatic rings. The number of aliphatic carboxylic acids is 1. The monoisotopic (exact) mass is 637 g/mol. The summed E-state index contributed by atoms with van der Waals surface area (Å²) in [6.45, 7) is 4.88. The van der Waals surface area contributed by atoms with E-state index in [1.807, 2.05) is 0 Å². The summed E-state index contributed by atoms with van der Waals surface area (Å²) in [5.74, 6) is -1.28. The Hall–Kier alpha value is -1.89. The molecule has 1 amide bonds. The number of carboxylic acid groups (broad SMARTS) is 1. The standard InChI is InChI=1S/C38H72N2O5/c1-3-5-7-9-10-11-12-13-14-15-16-17-18-19-20-26-32-37(42)45-34(28-23-8-6-4-2)29-24-21-22-25-31-36(41)40-35(38(43)44)30-27-33-39/h14-15,34-35H,3-13,16-33,39H2,1-2H3,(H,40,41)(H,43,44)/b15-14-. The molecule has 0 radical (unpaired) electrons. The predicted octanol–water partition coefficient (Wildman–Crippen LogP) is 9.95.